The molecule has 0 aliphatic carbocycles. The average Bonchev–Trinajstić information content (AvgIpc) is 2.96. The van der Waals surface area contributed by atoms with Gasteiger partial charge in [0.2, 0.25) is 0 Å². The Morgan fingerprint density at radius 3 is 2.03 bits per heavy atom. The Bertz CT molecular complexity index is 1210. The van der Waals surface area contributed by atoms with Crippen LogP contribution in [-0.4, -0.2) is 59.0 Å². The minimum atomic E-state index is -0.0137. The number of hydrogen-bond donors (Lipinski definition) is 1. The second-order valence-corrected chi connectivity index (χ2v) is 10.3. The molecule has 7 nitrogen and oxygen atoms in total. The summed E-state index contributed by atoms with van der Waals surface area (Å²) in [6.45, 7) is 5.74. The minimum absolute atomic E-state index is 0.0137. The standard InChI is InChI=1S/C31H35N5O2/c32-21-24-1-3-25(4-2-24)22-36-19-13-30(14-20-36)38-29-7-5-27(6-8-29)31(37)34-28-11-17-35(18-12-28)23-26-9-15-33-16-10-26/h1-10,15-16,28,30H,11-14,17-20,22-23H2,(H,34,37). The van der Waals surface area contributed by atoms with Gasteiger partial charge >= 0.3 is 0 Å². The number of benzene rings is 2. The van der Waals surface area contributed by atoms with Crippen molar-refractivity contribution in [2.45, 2.75) is 50.9 Å². The number of nitrogens with one attached hydrogen (secondary N) is 1. The highest BCUT2D eigenvalue weighted by molar-refractivity contribution is 5.94. The highest BCUT2D eigenvalue weighted by Gasteiger charge is 2.23. The first-order valence-electron chi connectivity index (χ1n) is 13.5. The van der Waals surface area contributed by atoms with Crippen LogP contribution < -0.4 is 10.1 Å². The largest absolute Gasteiger partial charge is 0.490 e. The van der Waals surface area contributed by atoms with Gasteiger partial charge in [-0.25, -0.2) is 0 Å². The van der Waals surface area contributed by atoms with Crippen LogP contribution in [0, 0.1) is 11.3 Å². The van der Waals surface area contributed by atoms with Gasteiger partial charge in [0.15, 0.2) is 0 Å². The summed E-state index contributed by atoms with van der Waals surface area (Å²) in [5.41, 5.74) is 3.88. The number of pyridine rings is 1. The van der Waals surface area contributed by atoms with E-state index in [1.807, 2.05) is 60.9 Å². The second kappa shape index (κ2) is 12.7. The molecule has 0 atom stereocenters. The van der Waals surface area contributed by atoms with Crippen LogP contribution in [0.5, 0.6) is 5.75 Å². The molecule has 2 saturated heterocycles. The molecule has 0 saturated carbocycles. The first-order valence-corrected chi connectivity index (χ1v) is 13.5. The molecule has 0 unspecified atom stereocenters. The first-order chi connectivity index (χ1) is 18.6. The third-order valence-electron chi connectivity index (χ3n) is 7.52. The topological polar surface area (TPSA) is 81.5 Å². The maximum atomic E-state index is 12.8. The van der Waals surface area contributed by atoms with Crippen molar-refractivity contribution in [3.8, 4) is 11.8 Å². The third-order valence-corrected chi connectivity index (χ3v) is 7.52. The normalized spacial score (nSPS) is 17.6. The summed E-state index contributed by atoms with van der Waals surface area (Å²) in [5.74, 6) is 0.803. The van der Waals surface area contributed by atoms with Crippen molar-refractivity contribution in [3.63, 3.8) is 0 Å². The van der Waals surface area contributed by atoms with Crippen LogP contribution in [0.3, 0.4) is 0 Å². The summed E-state index contributed by atoms with van der Waals surface area (Å²) in [6.07, 6.45) is 7.72. The second-order valence-electron chi connectivity index (χ2n) is 10.3. The molecular weight excluding hydrogens is 474 g/mol. The molecule has 2 aromatic carbocycles. The molecule has 1 amide bonds. The van der Waals surface area contributed by atoms with E-state index in [9.17, 15) is 4.79 Å². The zero-order valence-corrected chi connectivity index (χ0v) is 21.8. The minimum Gasteiger partial charge on any atom is -0.490 e. The lowest BCUT2D eigenvalue weighted by Gasteiger charge is -2.32. The van der Waals surface area contributed by atoms with Crippen molar-refractivity contribution < 1.29 is 9.53 Å². The quantitative estimate of drug-likeness (QED) is 0.485. The van der Waals surface area contributed by atoms with Crippen molar-refractivity contribution >= 4 is 5.91 Å². The molecule has 3 aromatic rings. The Labute approximate surface area is 225 Å². The van der Waals surface area contributed by atoms with Gasteiger partial charge in [0.1, 0.15) is 11.9 Å². The van der Waals surface area contributed by atoms with E-state index in [-0.39, 0.29) is 18.1 Å². The highest BCUT2D eigenvalue weighted by Crippen LogP contribution is 2.21. The maximum Gasteiger partial charge on any atom is 0.251 e. The molecule has 38 heavy (non-hydrogen) atoms. The molecule has 3 heterocycles. The Kier molecular flexibility index (Phi) is 8.64. The van der Waals surface area contributed by atoms with Crippen LogP contribution in [-0.2, 0) is 13.1 Å². The van der Waals surface area contributed by atoms with Gasteiger partial charge in [-0.3, -0.25) is 19.6 Å². The smallest absolute Gasteiger partial charge is 0.251 e. The van der Waals surface area contributed by atoms with E-state index in [1.54, 1.807) is 0 Å². The number of hydrogen-bond acceptors (Lipinski definition) is 6. The maximum absolute atomic E-state index is 12.8. The Balaban J connectivity index is 1.02. The number of carbonyl (C=O) groups is 1. The van der Waals surface area contributed by atoms with E-state index >= 15 is 0 Å². The predicted octanol–water partition coefficient (Wildman–Crippen LogP) is 4.39. The van der Waals surface area contributed by atoms with Gasteiger partial charge in [-0.1, -0.05) is 12.1 Å². The zero-order valence-electron chi connectivity index (χ0n) is 21.8. The van der Waals surface area contributed by atoms with Gasteiger partial charge < -0.3 is 10.1 Å². The zero-order chi connectivity index (χ0) is 26.2. The molecule has 7 heteroatoms. The molecule has 1 N–H and O–H groups in total. The van der Waals surface area contributed by atoms with Crippen LogP contribution in [0.4, 0.5) is 0 Å². The summed E-state index contributed by atoms with van der Waals surface area (Å²) in [6, 6.07) is 21.9. The fourth-order valence-corrected chi connectivity index (χ4v) is 5.26. The molecule has 0 spiro atoms. The van der Waals surface area contributed by atoms with Gasteiger partial charge in [-0.15, -0.1) is 0 Å². The molecule has 5 rings (SSSR count). The summed E-state index contributed by atoms with van der Waals surface area (Å²) in [7, 11) is 0. The molecule has 0 bridgehead atoms. The van der Waals surface area contributed by atoms with Gasteiger partial charge in [-0.2, -0.15) is 5.26 Å². The van der Waals surface area contributed by atoms with E-state index in [2.05, 4.69) is 38.3 Å². The Hall–Kier alpha value is -3.73. The Morgan fingerprint density at radius 2 is 1.42 bits per heavy atom. The van der Waals surface area contributed by atoms with Crippen molar-refractivity contribution in [2.24, 2.45) is 0 Å². The van der Waals surface area contributed by atoms with Crippen molar-refractivity contribution in [2.75, 3.05) is 26.2 Å². The van der Waals surface area contributed by atoms with Crippen LogP contribution >= 0.6 is 0 Å². The summed E-state index contributed by atoms with van der Waals surface area (Å²) >= 11 is 0. The number of piperidine rings is 2. The lowest BCUT2D eigenvalue weighted by molar-refractivity contribution is 0.0908. The van der Waals surface area contributed by atoms with E-state index in [0.717, 1.165) is 70.7 Å². The monoisotopic (exact) mass is 509 g/mol. The van der Waals surface area contributed by atoms with Crippen molar-refractivity contribution in [1.82, 2.24) is 20.1 Å². The molecular formula is C31H35N5O2. The molecule has 0 radical (unpaired) electrons. The summed E-state index contributed by atoms with van der Waals surface area (Å²) in [4.78, 5) is 21.8. The number of nitrogens with zero attached hydrogens (tertiary/aromatic N) is 4. The SMILES string of the molecule is N#Cc1ccc(CN2CCC(Oc3ccc(C(=O)NC4CCN(Cc5ccncc5)CC4)cc3)CC2)cc1. The fraction of sp³-hybridized carbons (Fsp3) is 0.387. The van der Waals surface area contributed by atoms with Crippen molar-refractivity contribution in [1.29, 1.82) is 5.26 Å². The number of carbonyl (C=O) groups excluding carboxylic acids is 1. The number of ether oxygens (including phenoxy) is 1. The average molecular weight is 510 g/mol. The van der Waals surface area contributed by atoms with Gasteiger partial charge in [-0.05, 0) is 85.3 Å². The number of rotatable bonds is 8. The fourth-order valence-electron chi connectivity index (χ4n) is 5.26. The number of amides is 1. The van der Waals surface area contributed by atoms with Gasteiger partial charge in [0.25, 0.3) is 5.91 Å². The highest BCUT2D eigenvalue weighted by atomic mass is 16.5. The predicted molar refractivity (Wildman–Crippen MR) is 147 cm³/mol. The molecule has 2 fully saturated rings. The van der Waals surface area contributed by atoms with E-state index in [1.165, 1.54) is 11.1 Å². The molecule has 196 valence electrons. The lowest BCUT2D eigenvalue weighted by Crippen LogP contribution is -2.44. The number of nitriles is 1. The van der Waals surface area contributed by atoms with Crippen LogP contribution in [0.15, 0.2) is 73.1 Å². The lowest BCUT2D eigenvalue weighted by atomic mass is 10.0. The number of aromatic nitrogens is 1. The third kappa shape index (κ3) is 7.18. The Morgan fingerprint density at radius 1 is 0.842 bits per heavy atom. The van der Waals surface area contributed by atoms with Crippen LogP contribution in [0.1, 0.15) is 52.7 Å². The molecule has 1 aromatic heterocycles. The first kappa shape index (κ1) is 25.9. The van der Waals surface area contributed by atoms with Gasteiger partial charge in [0.05, 0.1) is 11.6 Å². The summed E-state index contributed by atoms with van der Waals surface area (Å²) < 4.78 is 6.23. The van der Waals surface area contributed by atoms with Gasteiger partial charge in [0, 0.05) is 63.3 Å². The summed E-state index contributed by atoms with van der Waals surface area (Å²) in [5, 5.41) is 12.2. The van der Waals surface area contributed by atoms with E-state index < -0.39 is 0 Å². The van der Waals surface area contributed by atoms with Crippen molar-refractivity contribution in [3.05, 3.63) is 95.3 Å². The molecule has 2 aliphatic rings. The van der Waals surface area contributed by atoms with E-state index in [4.69, 9.17) is 10.00 Å². The number of likely N-dealkylation sites (tertiary alicyclic amines) is 2. The van der Waals surface area contributed by atoms with E-state index in [0.29, 0.717) is 11.1 Å². The van der Waals surface area contributed by atoms with Crippen LogP contribution in [0.2, 0.25) is 0 Å². The molecule has 2 aliphatic heterocycles. The van der Waals surface area contributed by atoms with Crippen LogP contribution in [0.25, 0.3) is 0 Å².